The third-order valence-electron chi connectivity index (χ3n) is 1.77. The van der Waals surface area contributed by atoms with E-state index in [0.29, 0.717) is 5.56 Å². The Morgan fingerprint density at radius 3 is 2.50 bits per heavy atom. The van der Waals surface area contributed by atoms with Gasteiger partial charge in [0.1, 0.15) is 5.84 Å². The Kier molecular flexibility index (Phi) is 3.34. The normalized spacial score (nSPS) is 9.93. The first-order valence-corrected chi connectivity index (χ1v) is 4.41. The van der Waals surface area contributed by atoms with E-state index in [0.717, 1.165) is 0 Å². The van der Waals surface area contributed by atoms with Crippen LogP contribution in [-0.4, -0.2) is 16.7 Å². The molecular formula is C10H13N3O. The number of hydrogen-bond acceptors (Lipinski definition) is 3. The third-order valence-corrected chi connectivity index (χ3v) is 1.77. The van der Waals surface area contributed by atoms with Crippen molar-refractivity contribution >= 4 is 11.7 Å². The number of pyridine rings is 1. The molecule has 74 valence electrons. The van der Waals surface area contributed by atoms with E-state index >= 15 is 0 Å². The Hall–Kier alpha value is -1.71. The highest BCUT2D eigenvalue weighted by Crippen LogP contribution is 1.97. The topological polar surface area (TPSA) is 65.8 Å². The van der Waals surface area contributed by atoms with E-state index in [1.54, 1.807) is 24.5 Å². The van der Waals surface area contributed by atoms with Crippen molar-refractivity contribution in [3.05, 3.63) is 30.1 Å². The zero-order chi connectivity index (χ0) is 10.6. The van der Waals surface area contributed by atoms with Gasteiger partial charge in [-0.2, -0.15) is 0 Å². The van der Waals surface area contributed by atoms with Gasteiger partial charge >= 0.3 is 0 Å². The lowest BCUT2D eigenvalue weighted by molar-refractivity contribution is 0.0975. The predicted octanol–water partition coefficient (Wildman–Crippen LogP) is 1.44. The second-order valence-electron chi connectivity index (χ2n) is 3.26. The molecule has 0 aliphatic carbocycles. The maximum Gasteiger partial charge on any atom is 0.256 e. The molecule has 0 saturated heterocycles. The van der Waals surface area contributed by atoms with E-state index in [1.165, 1.54) is 0 Å². The first kappa shape index (κ1) is 10.4. The van der Waals surface area contributed by atoms with Crippen molar-refractivity contribution < 1.29 is 4.79 Å². The zero-order valence-electron chi connectivity index (χ0n) is 8.24. The van der Waals surface area contributed by atoms with E-state index in [4.69, 9.17) is 5.41 Å². The van der Waals surface area contributed by atoms with E-state index in [2.05, 4.69) is 10.3 Å². The summed E-state index contributed by atoms with van der Waals surface area (Å²) < 4.78 is 0. The predicted molar refractivity (Wildman–Crippen MR) is 54.3 cm³/mol. The van der Waals surface area contributed by atoms with Crippen molar-refractivity contribution in [3.63, 3.8) is 0 Å². The molecule has 0 spiro atoms. The lowest BCUT2D eigenvalue weighted by Gasteiger charge is -2.08. The monoisotopic (exact) mass is 191 g/mol. The molecule has 0 aliphatic heterocycles. The first-order valence-electron chi connectivity index (χ1n) is 4.41. The van der Waals surface area contributed by atoms with Gasteiger partial charge in [0.15, 0.2) is 0 Å². The van der Waals surface area contributed by atoms with Crippen molar-refractivity contribution in [2.75, 3.05) is 0 Å². The minimum atomic E-state index is -0.258. The highest BCUT2D eigenvalue weighted by Gasteiger charge is 2.09. The van der Waals surface area contributed by atoms with Crippen LogP contribution in [0.2, 0.25) is 0 Å². The van der Waals surface area contributed by atoms with Gasteiger partial charge < -0.3 is 5.32 Å². The summed E-state index contributed by atoms with van der Waals surface area (Å²) in [5.41, 5.74) is 0.519. The summed E-state index contributed by atoms with van der Waals surface area (Å²) in [4.78, 5) is 15.3. The van der Waals surface area contributed by atoms with Crippen LogP contribution >= 0.6 is 0 Å². The van der Waals surface area contributed by atoms with Gasteiger partial charge in [0.25, 0.3) is 5.91 Å². The quantitative estimate of drug-likeness (QED) is 0.548. The number of nitrogens with zero attached hydrogens (tertiary/aromatic N) is 1. The molecule has 4 heteroatoms. The van der Waals surface area contributed by atoms with Gasteiger partial charge in [-0.3, -0.25) is 15.2 Å². The molecule has 14 heavy (non-hydrogen) atoms. The summed E-state index contributed by atoms with van der Waals surface area (Å²) in [6, 6.07) is 3.23. The Balaban J connectivity index is 2.65. The molecule has 0 saturated carbocycles. The summed E-state index contributed by atoms with van der Waals surface area (Å²) >= 11 is 0. The SMILES string of the molecule is CC(C)C(=N)NC(=O)c1ccncc1. The minimum Gasteiger partial charge on any atom is -0.310 e. The molecule has 0 bridgehead atoms. The zero-order valence-corrected chi connectivity index (χ0v) is 8.24. The molecule has 0 atom stereocenters. The molecule has 0 aliphatic rings. The van der Waals surface area contributed by atoms with E-state index in [-0.39, 0.29) is 17.7 Å². The fourth-order valence-electron chi connectivity index (χ4n) is 0.842. The highest BCUT2D eigenvalue weighted by atomic mass is 16.1. The lowest BCUT2D eigenvalue weighted by atomic mass is 10.2. The van der Waals surface area contributed by atoms with Gasteiger partial charge in [0.05, 0.1) is 0 Å². The maximum atomic E-state index is 11.5. The Morgan fingerprint density at radius 1 is 1.43 bits per heavy atom. The fraction of sp³-hybridized carbons (Fsp3) is 0.300. The molecule has 0 aromatic carbocycles. The summed E-state index contributed by atoms with van der Waals surface area (Å²) in [6.45, 7) is 3.71. The number of nitrogens with one attached hydrogen (secondary N) is 2. The average Bonchev–Trinajstić information content (AvgIpc) is 2.19. The average molecular weight is 191 g/mol. The van der Waals surface area contributed by atoms with E-state index in [9.17, 15) is 4.79 Å². The van der Waals surface area contributed by atoms with Crippen molar-refractivity contribution in [1.29, 1.82) is 5.41 Å². The van der Waals surface area contributed by atoms with Crippen molar-refractivity contribution in [3.8, 4) is 0 Å². The van der Waals surface area contributed by atoms with Crippen LogP contribution in [0.5, 0.6) is 0 Å². The number of carbonyl (C=O) groups is 1. The molecule has 2 N–H and O–H groups in total. The first-order chi connectivity index (χ1) is 6.61. The number of rotatable bonds is 2. The molecule has 4 nitrogen and oxygen atoms in total. The number of carbonyl (C=O) groups excluding carboxylic acids is 1. The highest BCUT2D eigenvalue weighted by molar-refractivity contribution is 6.05. The van der Waals surface area contributed by atoms with Gasteiger partial charge in [-0.1, -0.05) is 13.8 Å². The van der Waals surface area contributed by atoms with Crippen LogP contribution in [0.3, 0.4) is 0 Å². The van der Waals surface area contributed by atoms with Crippen LogP contribution in [0.15, 0.2) is 24.5 Å². The largest absolute Gasteiger partial charge is 0.310 e. The summed E-state index contributed by atoms with van der Waals surface area (Å²) in [5.74, 6) is -0.00120. The Labute approximate surface area is 82.9 Å². The van der Waals surface area contributed by atoms with E-state index < -0.39 is 0 Å². The van der Waals surface area contributed by atoms with Crippen LogP contribution in [0.1, 0.15) is 24.2 Å². The van der Waals surface area contributed by atoms with Crippen LogP contribution in [0, 0.1) is 11.3 Å². The van der Waals surface area contributed by atoms with Crippen LogP contribution < -0.4 is 5.32 Å². The number of amidine groups is 1. The van der Waals surface area contributed by atoms with Crippen LogP contribution in [0.4, 0.5) is 0 Å². The molecule has 1 aromatic heterocycles. The summed E-state index contributed by atoms with van der Waals surface area (Å²) in [5, 5.41) is 9.99. The smallest absolute Gasteiger partial charge is 0.256 e. The second-order valence-corrected chi connectivity index (χ2v) is 3.26. The van der Waals surface area contributed by atoms with Gasteiger partial charge in [-0.05, 0) is 12.1 Å². The van der Waals surface area contributed by atoms with Crippen LogP contribution in [0.25, 0.3) is 0 Å². The molecule has 0 radical (unpaired) electrons. The maximum absolute atomic E-state index is 11.5. The minimum absolute atomic E-state index is 0.0285. The van der Waals surface area contributed by atoms with Crippen molar-refractivity contribution in [2.24, 2.45) is 5.92 Å². The molecule has 0 fully saturated rings. The lowest BCUT2D eigenvalue weighted by Crippen LogP contribution is -2.33. The Morgan fingerprint density at radius 2 is 2.00 bits per heavy atom. The second kappa shape index (κ2) is 4.50. The van der Waals surface area contributed by atoms with Gasteiger partial charge in [-0.15, -0.1) is 0 Å². The van der Waals surface area contributed by atoms with Crippen LogP contribution in [-0.2, 0) is 0 Å². The van der Waals surface area contributed by atoms with E-state index in [1.807, 2.05) is 13.8 Å². The van der Waals surface area contributed by atoms with Gasteiger partial charge in [0.2, 0.25) is 0 Å². The summed E-state index contributed by atoms with van der Waals surface area (Å²) in [6.07, 6.45) is 3.10. The molecule has 0 unspecified atom stereocenters. The molecule has 1 rings (SSSR count). The standard InChI is InChI=1S/C10H13N3O/c1-7(2)9(11)13-10(14)8-3-5-12-6-4-8/h3-7H,1-2H3,(H2,11,13,14). The van der Waals surface area contributed by atoms with Crippen molar-refractivity contribution in [1.82, 2.24) is 10.3 Å². The molecule has 1 aromatic rings. The van der Waals surface area contributed by atoms with Gasteiger partial charge in [0, 0.05) is 23.9 Å². The van der Waals surface area contributed by atoms with Gasteiger partial charge in [-0.25, -0.2) is 0 Å². The number of aromatic nitrogens is 1. The fourth-order valence-corrected chi connectivity index (χ4v) is 0.842. The third kappa shape index (κ3) is 2.65. The summed E-state index contributed by atoms with van der Waals surface area (Å²) in [7, 11) is 0. The molecular weight excluding hydrogens is 178 g/mol. The molecule has 1 heterocycles. The molecule has 1 amide bonds. The number of hydrogen-bond donors (Lipinski definition) is 2. The van der Waals surface area contributed by atoms with Crippen molar-refractivity contribution in [2.45, 2.75) is 13.8 Å². The number of amides is 1. The Bertz CT molecular complexity index is 332.